The van der Waals surface area contributed by atoms with Gasteiger partial charge in [-0.3, -0.25) is 9.69 Å². The molecule has 156 valence electrons. The largest absolute Gasteiger partial charge is 0.326 e. The molecule has 1 aliphatic rings. The zero-order valence-corrected chi connectivity index (χ0v) is 18.3. The third-order valence-electron chi connectivity index (χ3n) is 5.78. The monoisotopic (exact) mass is 436 g/mol. The van der Waals surface area contributed by atoms with Crippen molar-refractivity contribution < 1.29 is 0 Å². The van der Waals surface area contributed by atoms with Gasteiger partial charge in [0.15, 0.2) is 4.96 Å². The van der Waals surface area contributed by atoms with E-state index < -0.39 is 0 Å². The van der Waals surface area contributed by atoms with Gasteiger partial charge in [0.2, 0.25) is 0 Å². The fourth-order valence-electron chi connectivity index (χ4n) is 4.37. The Morgan fingerprint density at radius 2 is 1.59 bits per heavy atom. The van der Waals surface area contributed by atoms with E-state index in [-0.39, 0.29) is 5.56 Å². The molecule has 0 unspecified atom stereocenters. The van der Waals surface area contributed by atoms with E-state index in [1.807, 2.05) is 54.6 Å². The summed E-state index contributed by atoms with van der Waals surface area (Å²) in [4.78, 5) is 23.0. The van der Waals surface area contributed by atoms with Crippen molar-refractivity contribution in [3.05, 3.63) is 106 Å². The number of nitrogens with zero attached hydrogens (tertiary/aromatic N) is 4. The van der Waals surface area contributed by atoms with Crippen molar-refractivity contribution in [2.45, 2.75) is 6.92 Å². The normalized spacial score (nSPS) is 15.4. The van der Waals surface area contributed by atoms with Gasteiger partial charge in [0.25, 0.3) is 5.56 Å². The fraction of sp³-hybridized carbons (Fsp3) is 0.0769. The van der Waals surface area contributed by atoms with Gasteiger partial charge in [0.1, 0.15) is 5.82 Å². The third kappa shape index (κ3) is 2.77. The number of imidazole rings is 1. The second-order valence-electron chi connectivity index (χ2n) is 7.59. The molecule has 0 atom stereocenters. The first kappa shape index (κ1) is 18.8. The summed E-state index contributed by atoms with van der Waals surface area (Å²) in [6.07, 6.45) is 3.97. The molecule has 0 aliphatic carbocycles. The van der Waals surface area contributed by atoms with Crippen molar-refractivity contribution in [3.8, 4) is 0 Å². The quantitative estimate of drug-likeness (QED) is 0.402. The van der Waals surface area contributed by atoms with Gasteiger partial charge < -0.3 is 4.90 Å². The summed E-state index contributed by atoms with van der Waals surface area (Å²) in [5.74, 6) is 1.02. The lowest BCUT2D eigenvalue weighted by Gasteiger charge is -2.24. The molecule has 6 rings (SSSR count). The van der Waals surface area contributed by atoms with Crippen LogP contribution >= 0.6 is 11.3 Å². The van der Waals surface area contributed by atoms with Crippen LogP contribution in [0.5, 0.6) is 0 Å². The molecule has 0 fully saturated rings. The zero-order valence-electron chi connectivity index (χ0n) is 17.5. The van der Waals surface area contributed by atoms with Gasteiger partial charge in [-0.1, -0.05) is 53.8 Å². The van der Waals surface area contributed by atoms with Crippen LogP contribution in [0.3, 0.4) is 0 Å². The third-order valence-corrected chi connectivity index (χ3v) is 6.77. The van der Waals surface area contributed by atoms with Gasteiger partial charge in [-0.2, -0.15) is 0 Å². The number of thiazole rings is 1. The highest BCUT2D eigenvalue weighted by Crippen LogP contribution is 2.45. The van der Waals surface area contributed by atoms with Crippen LogP contribution in [0.1, 0.15) is 6.92 Å². The van der Waals surface area contributed by atoms with Crippen LogP contribution in [0.15, 0.2) is 95.6 Å². The molecule has 0 bridgehead atoms. The van der Waals surface area contributed by atoms with Crippen molar-refractivity contribution in [2.75, 3.05) is 16.3 Å². The molecule has 0 saturated heterocycles. The molecule has 0 saturated carbocycles. The number of benzene rings is 3. The lowest BCUT2D eigenvalue weighted by Crippen LogP contribution is -2.26. The lowest BCUT2D eigenvalue weighted by molar-refractivity contribution is 0.963. The second-order valence-corrected chi connectivity index (χ2v) is 8.59. The molecule has 0 spiro atoms. The molecule has 3 heterocycles. The summed E-state index contributed by atoms with van der Waals surface area (Å²) < 4.78 is 2.38. The average molecular weight is 437 g/mol. The number of hydrogen-bond donors (Lipinski definition) is 0. The van der Waals surface area contributed by atoms with Crippen LogP contribution in [-0.2, 0) is 0 Å². The molecule has 5 aromatic rings. The maximum absolute atomic E-state index is 13.2. The number of rotatable bonds is 3. The van der Waals surface area contributed by atoms with Crippen molar-refractivity contribution in [1.29, 1.82) is 0 Å². The van der Waals surface area contributed by atoms with Gasteiger partial charge in [0, 0.05) is 12.2 Å². The van der Waals surface area contributed by atoms with E-state index in [0.29, 0.717) is 4.53 Å². The minimum absolute atomic E-state index is 0.0274. The van der Waals surface area contributed by atoms with Gasteiger partial charge in [-0.15, -0.1) is 0 Å². The standard InChI is InChI=1S/C26H20N4OS/c1-2-28-21-14-8-9-15-22(21)29(18-10-4-3-5-11-18)24(28)17-16-23-25(31)30-20-13-7-6-12-19(20)27-26(30)32-23/h3-17H,2H2,1H3/b23-16-,24-17+. The zero-order chi connectivity index (χ0) is 21.7. The fourth-order valence-corrected chi connectivity index (χ4v) is 5.30. The molecule has 32 heavy (non-hydrogen) atoms. The van der Waals surface area contributed by atoms with Crippen LogP contribution in [0.2, 0.25) is 0 Å². The van der Waals surface area contributed by atoms with Crippen LogP contribution in [-0.4, -0.2) is 15.9 Å². The Hall–Kier alpha value is -3.90. The van der Waals surface area contributed by atoms with Gasteiger partial charge in [-0.25, -0.2) is 9.38 Å². The summed E-state index contributed by atoms with van der Waals surface area (Å²) >= 11 is 1.42. The van der Waals surface area contributed by atoms with Crippen LogP contribution in [0.25, 0.3) is 22.1 Å². The minimum Gasteiger partial charge on any atom is -0.326 e. The maximum atomic E-state index is 13.2. The minimum atomic E-state index is -0.0274. The highest BCUT2D eigenvalue weighted by Gasteiger charge is 2.30. The summed E-state index contributed by atoms with van der Waals surface area (Å²) in [6, 6.07) is 26.5. The van der Waals surface area contributed by atoms with Crippen LogP contribution in [0, 0.1) is 0 Å². The Labute approximate surface area is 188 Å². The van der Waals surface area contributed by atoms with E-state index in [4.69, 9.17) is 0 Å². The Balaban J connectivity index is 1.54. The highest BCUT2D eigenvalue weighted by molar-refractivity contribution is 7.15. The molecule has 3 aromatic carbocycles. The Bertz CT molecular complexity index is 1600. The van der Waals surface area contributed by atoms with Gasteiger partial charge in [0.05, 0.1) is 26.9 Å². The predicted molar refractivity (Wildman–Crippen MR) is 133 cm³/mol. The number of para-hydroxylation sites is 5. The highest BCUT2D eigenvalue weighted by atomic mass is 32.1. The van der Waals surface area contributed by atoms with Crippen molar-refractivity contribution in [2.24, 2.45) is 0 Å². The average Bonchev–Trinajstić information content (AvgIpc) is 3.46. The summed E-state index contributed by atoms with van der Waals surface area (Å²) in [6.45, 7) is 2.96. The molecule has 2 aromatic heterocycles. The SMILES string of the molecule is CCN1/C(=C\C=c2/sc3nc4ccccc4n3c2=O)N(c2ccccc2)c2ccccc21. The predicted octanol–water partition coefficient (Wildman–Crippen LogP) is 4.93. The first-order valence-electron chi connectivity index (χ1n) is 10.6. The first-order valence-corrected chi connectivity index (χ1v) is 11.4. The molecule has 1 aliphatic heterocycles. The van der Waals surface area contributed by atoms with Gasteiger partial charge >= 0.3 is 0 Å². The molecule has 0 N–H and O–H groups in total. The Kier molecular flexibility index (Phi) is 4.33. The maximum Gasteiger partial charge on any atom is 0.274 e. The summed E-state index contributed by atoms with van der Waals surface area (Å²) in [7, 11) is 0. The van der Waals surface area contributed by atoms with Crippen LogP contribution < -0.4 is 19.9 Å². The summed E-state index contributed by atoms with van der Waals surface area (Å²) in [5.41, 5.74) is 5.05. The Morgan fingerprint density at radius 1 is 0.875 bits per heavy atom. The molecule has 0 radical (unpaired) electrons. The van der Waals surface area contributed by atoms with Crippen molar-refractivity contribution in [1.82, 2.24) is 9.38 Å². The number of allylic oxidation sites excluding steroid dienone is 1. The van der Waals surface area contributed by atoms with E-state index in [2.05, 4.69) is 58.1 Å². The number of fused-ring (bicyclic) bond motifs is 4. The molecular formula is C26H20N4OS. The smallest absolute Gasteiger partial charge is 0.274 e. The van der Waals surface area contributed by atoms with Crippen LogP contribution in [0.4, 0.5) is 17.1 Å². The number of anilines is 3. The van der Waals surface area contributed by atoms with E-state index in [1.165, 1.54) is 11.3 Å². The van der Waals surface area contributed by atoms with E-state index >= 15 is 0 Å². The van der Waals surface area contributed by atoms with E-state index in [9.17, 15) is 4.79 Å². The topological polar surface area (TPSA) is 40.9 Å². The van der Waals surface area contributed by atoms with E-state index in [1.54, 1.807) is 4.40 Å². The Morgan fingerprint density at radius 3 is 2.41 bits per heavy atom. The van der Waals surface area contributed by atoms with Crippen molar-refractivity contribution in [3.63, 3.8) is 0 Å². The van der Waals surface area contributed by atoms with Crippen molar-refractivity contribution >= 4 is 50.5 Å². The molecule has 6 heteroatoms. The number of hydrogen-bond acceptors (Lipinski definition) is 5. The van der Waals surface area contributed by atoms with E-state index in [0.717, 1.165) is 45.4 Å². The molecule has 0 amide bonds. The lowest BCUT2D eigenvalue weighted by atomic mass is 10.2. The molecular weight excluding hydrogens is 416 g/mol. The second kappa shape index (κ2) is 7.35. The van der Waals surface area contributed by atoms with Gasteiger partial charge in [-0.05, 0) is 55.5 Å². The molecule has 5 nitrogen and oxygen atoms in total. The first-order chi connectivity index (χ1) is 15.8. The summed E-state index contributed by atoms with van der Waals surface area (Å²) in [5, 5.41) is 0. The number of aromatic nitrogens is 2.